The highest BCUT2D eigenvalue weighted by molar-refractivity contribution is 6.22. The third-order valence-electron chi connectivity index (χ3n) is 3.15. The molecule has 2 heterocycles. The van der Waals surface area contributed by atoms with Crippen LogP contribution in [0.4, 0.5) is 0 Å². The molecule has 0 aliphatic carbocycles. The van der Waals surface area contributed by atoms with Crippen LogP contribution >= 0.6 is 23.2 Å². The van der Waals surface area contributed by atoms with Crippen LogP contribution in [0.15, 0.2) is 24.3 Å². The molecule has 2 aromatic rings. The van der Waals surface area contributed by atoms with Crippen molar-refractivity contribution in [3.63, 3.8) is 0 Å². The number of hydrogen-bond donors (Lipinski definition) is 1. The first-order valence-electron chi connectivity index (χ1n) is 5.79. The van der Waals surface area contributed by atoms with Crippen LogP contribution in [0.1, 0.15) is 17.4 Å². The van der Waals surface area contributed by atoms with Crippen LogP contribution in [0.25, 0.3) is 10.9 Å². The molecular formula is C13H13Cl2NO2. The van der Waals surface area contributed by atoms with Crippen molar-refractivity contribution in [3.05, 3.63) is 35.5 Å². The van der Waals surface area contributed by atoms with E-state index in [1.807, 2.05) is 31.2 Å². The number of nitrogens with one attached hydrogen (secondary N) is 1. The second-order valence-corrected chi connectivity index (χ2v) is 5.28. The van der Waals surface area contributed by atoms with Gasteiger partial charge in [0.15, 0.2) is 11.1 Å². The van der Waals surface area contributed by atoms with Crippen LogP contribution in [0.3, 0.4) is 0 Å². The van der Waals surface area contributed by atoms with Crippen LogP contribution < -0.4 is 0 Å². The maximum Gasteiger partial charge on any atom is 0.163 e. The highest BCUT2D eigenvalue weighted by Gasteiger charge is 2.33. The van der Waals surface area contributed by atoms with Crippen LogP contribution in [0, 0.1) is 6.92 Å². The van der Waals surface area contributed by atoms with E-state index < -0.39 is 11.1 Å². The number of para-hydroxylation sites is 1. The van der Waals surface area contributed by atoms with Crippen LogP contribution in [0.2, 0.25) is 0 Å². The predicted octanol–water partition coefficient (Wildman–Crippen LogP) is 3.69. The molecular weight excluding hydrogens is 273 g/mol. The number of aromatic amines is 1. The maximum atomic E-state index is 6.20. The Morgan fingerprint density at radius 3 is 2.83 bits per heavy atom. The summed E-state index contributed by atoms with van der Waals surface area (Å²) in [5.41, 5.74) is 2.12. The Morgan fingerprint density at radius 2 is 2.06 bits per heavy atom. The number of fused-ring (bicyclic) bond motifs is 1. The van der Waals surface area contributed by atoms with Gasteiger partial charge < -0.3 is 14.5 Å². The molecule has 1 aromatic heterocycles. The second kappa shape index (κ2) is 4.74. The van der Waals surface area contributed by atoms with E-state index in [1.165, 1.54) is 0 Å². The van der Waals surface area contributed by atoms with E-state index in [-0.39, 0.29) is 6.10 Å². The number of aryl methyl sites for hydroxylation is 1. The number of benzene rings is 1. The summed E-state index contributed by atoms with van der Waals surface area (Å²) in [6.45, 7) is 2.35. The van der Waals surface area contributed by atoms with Gasteiger partial charge in [0.05, 0.1) is 6.61 Å². The summed E-state index contributed by atoms with van der Waals surface area (Å²) in [6, 6.07) is 8.07. The molecule has 1 saturated heterocycles. The molecule has 5 heteroatoms. The number of alkyl halides is 2. The molecule has 1 aliphatic rings. The van der Waals surface area contributed by atoms with E-state index >= 15 is 0 Å². The van der Waals surface area contributed by atoms with Gasteiger partial charge in [-0.15, -0.1) is 0 Å². The zero-order valence-electron chi connectivity index (χ0n) is 9.82. The molecule has 0 radical (unpaired) electrons. The summed E-state index contributed by atoms with van der Waals surface area (Å²) in [4.78, 5) is 3.33. The van der Waals surface area contributed by atoms with E-state index in [0.29, 0.717) is 6.61 Å². The summed E-state index contributed by atoms with van der Waals surface area (Å²) in [6.07, 6.45) is -0.294. The van der Waals surface area contributed by atoms with Gasteiger partial charge in [-0.05, 0) is 13.0 Å². The largest absolute Gasteiger partial charge is 0.365 e. The summed E-state index contributed by atoms with van der Waals surface area (Å²) in [7, 11) is 0. The van der Waals surface area contributed by atoms with E-state index in [0.717, 1.165) is 22.2 Å². The van der Waals surface area contributed by atoms with Gasteiger partial charge in [-0.1, -0.05) is 41.4 Å². The van der Waals surface area contributed by atoms with Crippen molar-refractivity contribution < 1.29 is 9.47 Å². The molecule has 3 unspecified atom stereocenters. The first-order chi connectivity index (χ1) is 8.66. The van der Waals surface area contributed by atoms with Gasteiger partial charge in [0.1, 0.15) is 6.10 Å². The summed E-state index contributed by atoms with van der Waals surface area (Å²) in [5.74, 6) is 0. The lowest BCUT2D eigenvalue weighted by molar-refractivity contribution is -0.125. The first kappa shape index (κ1) is 12.3. The summed E-state index contributed by atoms with van der Waals surface area (Å²) < 4.78 is 11.1. The van der Waals surface area contributed by atoms with Crippen molar-refractivity contribution in [2.24, 2.45) is 0 Å². The molecule has 3 nitrogen and oxygen atoms in total. The van der Waals surface area contributed by atoms with Crippen molar-refractivity contribution in [2.45, 2.75) is 24.2 Å². The molecule has 96 valence electrons. The van der Waals surface area contributed by atoms with Crippen molar-refractivity contribution >= 4 is 34.1 Å². The molecule has 1 N–H and O–H groups in total. The minimum atomic E-state index is -0.570. The van der Waals surface area contributed by atoms with Crippen molar-refractivity contribution in [1.82, 2.24) is 4.98 Å². The van der Waals surface area contributed by atoms with Gasteiger partial charge >= 0.3 is 0 Å². The first-order valence-corrected chi connectivity index (χ1v) is 6.66. The average Bonchev–Trinajstić information content (AvgIpc) is 2.66. The molecule has 18 heavy (non-hydrogen) atoms. The summed E-state index contributed by atoms with van der Waals surface area (Å²) >= 11 is 12.1. The Kier molecular flexibility index (Phi) is 3.24. The third kappa shape index (κ3) is 2.01. The van der Waals surface area contributed by atoms with Crippen LogP contribution in [-0.2, 0) is 9.47 Å². The molecule has 0 amide bonds. The molecule has 0 saturated carbocycles. The van der Waals surface area contributed by atoms with E-state index in [2.05, 4.69) is 4.98 Å². The van der Waals surface area contributed by atoms with Crippen LogP contribution in [-0.4, -0.2) is 22.7 Å². The molecule has 1 fully saturated rings. The fourth-order valence-corrected chi connectivity index (χ4v) is 2.95. The van der Waals surface area contributed by atoms with Gasteiger partial charge in [0.25, 0.3) is 0 Å². The topological polar surface area (TPSA) is 34.2 Å². The minimum absolute atomic E-state index is 0.294. The lowest BCUT2D eigenvalue weighted by Crippen LogP contribution is -2.32. The van der Waals surface area contributed by atoms with Gasteiger partial charge in [0, 0.05) is 22.2 Å². The average molecular weight is 286 g/mol. The normalized spacial score (nSPS) is 28.7. The van der Waals surface area contributed by atoms with Gasteiger partial charge in [-0.2, -0.15) is 0 Å². The minimum Gasteiger partial charge on any atom is -0.365 e. The van der Waals surface area contributed by atoms with Crippen molar-refractivity contribution in [1.29, 1.82) is 0 Å². The smallest absolute Gasteiger partial charge is 0.163 e. The van der Waals surface area contributed by atoms with E-state index in [9.17, 15) is 0 Å². The number of aromatic nitrogens is 1. The number of rotatable bonds is 1. The Morgan fingerprint density at radius 1 is 1.28 bits per heavy atom. The monoisotopic (exact) mass is 285 g/mol. The fraction of sp³-hybridized carbons (Fsp3) is 0.385. The molecule has 1 aliphatic heterocycles. The lowest BCUT2D eigenvalue weighted by atomic mass is 10.1. The quantitative estimate of drug-likeness (QED) is 0.811. The SMILES string of the molecule is Cc1[nH]c2ccccc2c1C1OCC(Cl)OC1Cl. The van der Waals surface area contributed by atoms with Gasteiger partial charge in [0.2, 0.25) is 0 Å². The zero-order valence-corrected chi connectivity index (χ0v) is 11.3. The van der Waals surface area contributed by atoms with E-state index in [4.69, 9.17) is 32.7 Å². The second-order valence-electron chi connectivity index (χ2n) is 4.36. The molecule has 0 spiro atoms. The lowest BCUT2D eigenvalue weighted by Gasteiger charge is -2.31. The Labute approximate surface area is 115 Å². The zero-order chi connectivity index (χ0) is 12.7. The standard InChI is InChI=1S/C13H13Cl2NO2/c1-7-11(8-4-2-3-5-9(8)16-7)12-13(15)18-10(14)6-17-12/h2-5,10,12-13,16H,6H2,1H3. The maximum absolute atomic E-state index is 6.20. The van der Waals surface area contributed by atoms with Gasteiger partial charge in [-0.3, -0.25) is 0 Å². The highest BCUT2D eigenvalue weighted by atomic mass is 35.5. The third-order valence-corrected chi connectivity index (χ3v) is 3.71. The summed E-state index contributed by atoms with van der Waals surface area (Å²) in [5, 5.41) is 1.11. The van der Waals surface area contributed by atoms with Gasteiger partial charge in [-0.25, -0.2) is 0 Å². The Hall–Kier alpha value is -0.740. The van der Waals surface area contributed by atoms with Crippen molar-refractivity contribution in [2.75, 3.05) is 6.61 Å². The van der Waals surface area contributed by atoms with Crippen molar-refractivity contribution in [3.8, 4) is 0 Å². The molecule has 3 atom stereocenters. The molecule has 1 aromatic carbocycles. The van der Waals surface area contributed by atoms with Crippen LogP contribution in [0.5, 0.6) is 0 Å². The number of H-pyrrole nitrogens is 1. The number of hydrogen-bond acceptors (Lipinski definition) is 2. The fourth-order valence-electron chi connectivity index (χ4n) is 2.39. The van der Waals surface area contributed by atoms with E-state index in [1.54, 1.807) is 0 Å². The highest BCUT2D eigenvalue weighted by Crippen LogP contribution is 2.37. The number of ether oxygens (including phenoxy) is 2. The number of halogens is 2. The predicted molar refractivity (Wildman–Crippen MR) is 72.1 cm³/mol. The molecule has 3 rings (SSSR count). The molecule has 0 bridgehead atoms. The Bertz CT molecular complexity index is 569. The Balaban J connectivity index is 2.06.